The molecule has 0 heterocycles. The first-order valence-electron chi connectivity index (χ1n) is 5.17. The third kappa shape index (κ3) is 3.41. The van der Waals surface area contributed by atoms with Gasteiger partial charge in [-0.25, -0.2) is 0 Å². The molecule has 0 amide bonds. The molecule has 0 saturated heterocycles. The molecule has 3 nitrogen and oxygen atoms in total. The van der Waals surface area contributed by atoms with E-state index >= 15 is 0 Å². The smallest absolute Gasteiger partial charge is 0.183 e. The molecule has 0 aromatic rings. The molecule has 0 radical (unpaired) electrons. The molecule has 0 unspecified atom stereocenters. The van der Waals surface area contributed by atoms with E-state index in [2.05, 4.69) is 25.7 Å². The number of hydrogen-bond donors (Lipinski definition) is 0. The zero-order valence-corrected chi connectivity index (χ0v) is 10.3. The van der Waals surface area contributed by atoms with Gasteiger partial charge in [-0.2, -0.15) is 5.26 Å². The zero-order valence-electron chi connectivity index (χ0n) is 9.30. The van der Waals surface area contributed by atoms with Gasteiger partial charge in [0.2, 0.25) is 0 Å². The average molecular weight is 213 g/mol. The molecule has 0 atom stereocenters. The minimum atomic E-state index is -1.42. The maximum atomic E-state index is 8.89. The van der Waals surface area contributed by atoms with Crippen LogP contribution >= 0.6 is 0 Å². The minimum absolute atomic E-state index is 0.469. The van der Waals surface area contributed by atoms with Gasteiger partial charge in [-0.05, 0) is 38.9 Å². The summed E-state index contributed by atoms with van der Waals surface area (Å²) in [4.78, 5) is 0. The second-order valence-electron chi connectivity index (χ2n) is 4.77. The molecule has 0 N–H and O–H groups in total. The van der Waals surface area contributed by atoms with E-state index < -0.39 is 13.9 Å². The molecule has 14 heavy (non-hydrogen) atoms. The molecule has 0 aromatic heterocycles. The Bertz CT molecular complexity index is 225. The van der Waals surface area contributed by atoms with Gasteiger partial charge in [0.25, 0.3) is 0 Å². The van der Waals surface area contributed by atoms with Crippen LogP contribution in [0.4, 0.5) is 0 Å². The lowest BCUT2D eigenvalue weighted by Crippen LogP contribution is -2.40. The van der Waals surface area contributed by atoms with Crippen molar-refractivity contribution < 1.29 is 9.16 Å². The summed E-state index contributed by atoms with van der Waals surface area (Å²) in [5.41, 5.74) is -0.469. The van der Waals surface area contributed by atoms with Crippen molar-refractivity contribution in [2.24, 2.45) is 0 Å². The lowest BCUT2D eigenvalue weighted by Gasteiger charge is -2.35. The standard InChI is InChI=1S/C10H19NO2Si/c1-14(2,3)13-8-7-12-10(9-11)5-4-6-10/h4-8H2,1-3H3. The highest BCUT2D eigenvalue weighted by Crippen LogP contribution is 2.34. The van der Waals surface area contributed by atoms with Crippen LogP contribution in [0.25, 0.3) is 0 Å². The lowest BCUT2D eigenvalue weighted by molar-refractivity contribution is -0.0651. The van der Waals surface area contributed by atoms with Crippen molar-refractivity contribution >= 4 is 8.32 Å². The van der Waals surface area contributed by atoms with E-state index in [-0.39, 0.29) is 0 Å². The van der Waals surface area contributed by atoms with E-state index in [0.717, 1.165) is 19.3 Å². The normalized spacial score (nSPS) is 19.9. The molecule has 1 fully saturated rings. The highest BCUT2D eigenvalue weighted by Gasteiger charge is 2.38. The van der Waals surface area contributed by atoms with Crippen molar-refractivity contribution in [3.63, 3.8) is 0 Å². The summed E-state index contributed by atoms with van der Waals surface area (Å²) in [5.74, 6) is 0. The van der Waals surface area contributed by atoms with E-state index in [1.54, 1.807) is 0 Å². The second kappa shape index (κ2) is 4.43. The summed E-state index contributed by atoms with van der Waals surface area (Å²) in [5, 5.41) is 8.89. The van der Waals surface area contributed by atoms with Crippen molar-refractivity contribution in [3.05, 3.63) is 0 Å². The molecule has 1 saturated carbocycles. The Morgan fingerprint density at radius 2 is 1.93 bits per heavy atom. The molecule has 1 rings (SSSR count). The fourth-order valence-electron chi connectivity index (χ4n) is 1.37. The Morgan fingerprint density at radius 1 is 1.29 bits per heavy atom. The summed E-state index contributed by atoms with van der Waals surface area (Å²) < 4.78 is 11.2. The van der Waals surface area contributed by atoms with Gasteiger partial charge < -0.3 is 9.16 Å². The lowest BCUT2D eigenvalue weighted by atomic mass is 9.81. The van der Waals surface area contributed by atoms with Crippen LogP contribution in [0.5, 0.6) is 0 Å². The fourth-order valence-corrected chi connectivity index (χ4v) is 2.07. The van der Waals surface area contributed by atoms with Crippen LogP contribution in [0.1, 0.15) is 19.3 Å². The Kier molecular flexibility index (Phi) is 3.70. The number of rotatable bonds is 5. The monoisotopic (exact) mass is 213 g/mol. The molecule has 80 valence electrons. The van der Waals surface area contributed by atoms with Gasteiger partial charge in [0, 0.05) is 0 Å². The van der Waals surface area contributed by atoms with Crippen molar-refractivity contribution in [1.82, 2.24) is 0 Å². The number of nitrogens with zero attached hydrogens (tertiary/aromatic N) is 1. The minimum Gasteiger partial charge on any atom is -0.415 e. The molecule has 0 spiro atoms. The summed E-state index contributed by atoms with van der Waals surface area (Å²) in [7, 11) is -1.42. The van der Waals surface area contributed by atoms with Crippen molar-refractivity contribution in [2.45, 2.75) is 44.5 Å². The van der Waals surface area contributed by atoms with Crippen LogP contribution in [0.2, 0.25) is 19.6 Å². The fraction of sp³-hybridized carbons (Fsp3) is 0.900. The van der Waals surface area contributed by atoms with E-state index in [4.69, 9.17) is 14.4 Å². The third-order valence-electron chi connectivity index (χ3n) is 2.36. The number of hydrogen-bond acceptors (Lipinski definition) is 3. The predicted octanol–water partition coefficient (Wildman–Crippen LogP) is 2.30. The first-order valence-corrected chi connectivity index (χ1v) is 8.57. The second-order valence-corrected chi connectivity index (χ2v) is 9.28. The van der Waals surface area contributed by atoms with Gasteiger partial charge in [-0.15, -0.1) is 0 Å². The molecule has 0 bridgehead atoms. The van der Waals surface area contributed by atoms with Gasteiger partial charge in [0.1, 0.15) is 0 Å². The summed E-state index contributed by atoms with van der Waals surface area (Å²) in [6.07, 6.45) is 2.88. The summed E-state index contributed by atoms with van der Waals surface area (Å²) >= 11 is 0. The molecule has 1 aliphatic rings. The summed E-state index contributed by atoms with van der Waals surface area (Å²) in [6, 6.07) is 2.25. The molecule has 0 aromatic carbocycles. The Balaban J connectivity index is 2.13. The predicted molar refractivity (Wildman–Crippen MR) is 57.4 cm³/mol. The van der Waals surface area contributed by atoms with Gasteiger partial charge in [0.05, 0.1) is 19.3 Å². The highest BCUT2D eigenvalue weighted by molar-refractivity contribution is 6.69. The third-order valence-corrected chi connectivity index (χ3v) is 3.43. The Hall–Kier alpha value is -0.373. The van der Waals surface area contributed by atoms with Crippen molar-refractivity contribution in [1.29, 1.82) is 5.26 Å². The van der Waals surface area contributed by atoms with E-state index in [1.807, 2.05) is 0 Å². The molecule has 1 aliphatic carbocycles. The Labute approximate surface area is 87.1 Å². The van der Waals surface area contributed by atoms with Crippen LogP contribution in [-0.4, -0.2) is 27.1 Å². The first-order chi connectivity index (χ1) is 6.47. The summed E-state index contributed by atoms with van der Waals surface area (Å²) in [6.45, 7) is 7.63. The maximum absolute atomic E-state index is 8.89. The average Bonchev–Trinajstić information content (AvgIpc) is 2.00. The van der Waals surface area contributed by atoms with Gasteiger partial charge >= 0.3 is 0 Å². The molecular weight excluding hydrogens is 194 g/mol. The van der Waals surface area contributed by atoms with Crippen molar-refractivity contribution in [3.8, 4) is 6.07 Å². The topological polar surface area (TPSA) is 42.2 Å². The van der Waals surface area contributed by atoms with Gasteiger partial charge in [-0.3, -0.25) is 0 Å². The highest BCUT2D eigenvalue weighted by atomic mass is 28.4. The van der Waals surface area contributed by atoms with E-state index in [1.165, 1.54) is 0 Å². The van der Waals surface area contributed by atoms with Crippen LogP contribution in [0.3, 0.4) is 0 Å². The van der Waals surface area contributed by atoms with Crippen LogP contribution in [0, 0.1) is 11.3 Å². The number of nitriles is 1. The van der Waals surface area contributed by atoms with E-state index in [9.17, 15) is 0 Å². The first kappa shape index (κ1) is 11.7. The van der Waals surface area contributed by atoms with Crippen LogP contribution < -0.4 is 0 Å². The zero-order chi connectivity index (χ0) is 10.7. The molecule has 4 heteroatoms. The largest absolute Gasteiger partial charge is 0.415 e. The molecule has 0 aliphatic heterocycles. The Morgan fingerprint density at radius 3 is 2.29 bits per heavy atom. The van der Waals surface area contributed by atoms with Crippen LogP contribution in [-0.2, 0) is 9.16 Å². The van der Waals surface area contributed by atoms with Gasteiger partial charge in [-0.1, -0.05) is 0 Å². The van der Waals surface area contributed by atoms with E-state index in [0.29, 0.717) is 13.2 Å². The number of ether oxygens (including phenoxy) is 1. The van der Waals surface area contributed by atoms with Crippen LogP contribution in [0.15, 0.2) is 0 Å². The maximum Gasteiger partial charge on any atom is 0.183 e. The van der Waals surface area contributed by atoms with Crippen molar-refractivity contribution in [2.75, 3.05) is 13.2 Å². The molecular formula is C10H19NO2Si. The SMILES string of the molecule is C[Si](C)(C)OCCOC1(C#N)CCC1. The van der Waals surface area contributed by atoms with Gasteiger partial charge in [0.15, 0.2) is 13.9 Å². The quantitative estimate of drug-likeness (QED) is 0.520.